The van der Waals surface area contributed by atoms with E-state index in [0.29, 0.717) is 23.3 Å². The third kappa shape index (κ3) is 2.16. The molecule has 0 unspecified atom stereocenters. The van der Waals surface area contributed by atoms with Crippen LogP contribution in [0.3, 0.4) is 0 Å². The van der Waals surface area contributed by atoms with Gasteiger partial charge in [-0.3, -0.25) is 0 Å². The number of aromatic nitrogens is 4. The Bertz CT molecular complexity index is 520. The van der Waals surface area contributed by atoms with E-state index >= 15 is 0 Å². The fraction of sp³-hybridized carbons (Fsp3) is 0.300. The van der Waals surface area contributed by atoms with Gasteiger partial charge in [0.05, 0.1) is 18.4 Å². The number of halogens is 1. The summed E-state index contributed by atoms with van der Waals surface area (Å²) >= 11 is 5.85. The molecule has 2 heterocycles. The largest absolute Gasteiger partial charge is 0.478 e. The van der Waals surface area contributed by atoms with Crippen molar-refractivity contribution in [1.29, 1.82) is 0 Å². The van der Waals surface area contributed by atoms with Crippen LogP contribution >= 0.6 is 11.6 Å². The topological polar surface area (TPSA) is 78.9 Å². The molecule has 2 rings (SSSR count). The van der Waals surface area contributed by atoms with Gasteiger partial charge in [-0.05, 0) is 13.8 Å². The Kier molecular flexibility index (Phi) is 3.14. The summed E-state index contributed by atoms with van der Waals surface area (Å²) < 4.78 is 6.89. The Morgan fingerprint density at radius 1 is 1.47 bits per heavy atom. The van der Waals surface area contributed by atoms with Crippen LogP contribution in [0.5, 0.6) is 5.88 Å². The van der Waals surface area contributed by atoms with E-state index in [0.717, 1.165) is 5.56 Å². The molecule has 0 aromatic carbocycles. The average molecular weight is 254 g/mol. The molecule has 0 atom stereocenters. The molecule has 2 N–H and O–H groups in total. The summed E-state index contributed by atoms with van der Waals surface area (Å²) in [6.45, 7) is 4.29. The van der Waals surface area contributed by atoms with Crippen LogP contribution < -0.4 is 10.5 Å². The second kappa shape index (κ2) is 4.58. The molecule has 17 heavy (non-hydrogen) atoms. The molecule has 7 heteroatoms. The molecule has 0 aliphatic carbocycles. The first-order valence-corrected chi connectivity index (χ1v) is 5.46. The van der Waals surface area contributed by atoms with E-state index < -0.39 is 0 Å². The predicted molar refractivity (Wildman–Crippen MR) is 64.5 cm³/mol. The van der Waals surface area contributed by atoms with Crippen molar-refractivity contribution in [2.45, 2.75) is 13.8 Å². The predicted octanol–water partition coefficient (Wildman–Crippen LogP) is 1.61. The second-order valence-corrected chi connectivity index (χ2v) is 3.77. The number of hydrogen-bond donors (Lipinski definition) is 1. The van der Waals surface area contributed by atoms with Gasteiger partial charge in [-0.2, -0.15) is 0 Å². The monoisotopic (exact) mass is 253 g/mol. The lowest BCUT2D eigenvalue weighted by atomic mass is 10.3. The number of ether oxygens (including phenoxy) is 1. The molecule has 0 aliphatic heterocycles. The molecule has 0 bridgehead atoms. The molecular formula is C10H12ClN5O. The first-order chi connectivity index (χ1) is 8.13. The molecule has 0 amide bonds. The molecule has 2 aromatic rings. The smallest absolute Gasteiger partial charge is 0.221 e. The fourth-order valence-corrected chi connectivity index (χ4v) is 1.54. The lowest BCUT2D eigenvalue weighted by Crippen LogP contribution is -2.06. The highest BCUT2D eigenvalue weighted by atomic mass is 35.5. The second-order valence-electron chi connectivity index (χ2n) is 3.37. The van der Waals surface area contributed by atoms with Gasteiger partial charge < -0.3 is 10.5 Å². The first kappa shape index (κ1) is 11.7. The van der Waals surface area contributed by atoms with Gasteiger partial charge in [0.15, 0.2) is 11.6 Å². The van der Waals surface area contributed by atoms with Crippen molar-refractivity contribution in [2.75, 3.05) is 12.3 Å². The molecule has 90 valence electrons. The van der Waals surface area contributed by atoms with Crippen LogP contribution in [0.1, 0.15) is 12.5 Å². The third-order valence-electron chi connectivity index (χ3n) is 2.21. The Morgan fingerprint density at radius 3 is 2.82 bits per heavy atom. The van der Waals surface area contributed by atoms with Crippen molar-refractivity contribution >= 4 is 17.4 Å². The van der Waals surface area contributed by atoms with Crippen LogP contribution in [0.25, 0.3) is 5.82 Å². The number of nitrogens with two attached hydrogens (primary N) is 1. The number of hydrogen-bond acceptors (Lipinski definition) is 5. The Hall–Kier alpha value is -1.82. The summed E-state index contributed by atoms with van der Waals surface area (Å²) in [6, 6.07) is 0. The molecule has 2 aromatic heterocycles. The van der Waals surface area contributed by atoms with E-state index in [2.05, 4.69) is 15.1 Å². The molecular weight excluding hydrogens is 242 g/mol. The van der Waals surface area contributed by atoms with E-state index in [1.807, 2.05) is 13.8 Å². The lowest BCUT2D eigenvalue weighted by molar-refractivity contribution is 0.323. The van der Waals surface area contributed by atoms with Crippen LogP contribution in [0.4, 0.5) is 5.82 Å². The van der Waals surface area contributed by atoms with E-state index in [1.54, 1.807) is 6.20 Å². The summed E-state index contributed by atoms with van der Waals surface area (Å²) in [5, 5.41) is 4.45. The fourth-order valence-electron chi connectivity index (χ4n) is 1.41. The molecule has 0 saturated carbocycles. The van der Waals surface area contributed by atoms with Crippen LogP contribution in [-0.4, -0.2) is 26.4 Å². The minimum Gasteiger partial charge on any atom is -0.478 e. The van der Waals surface area contributed by atoms with Gasteiger partial charge in [-0.25, -0.2) is 14.6 Å². The quantitative estimate of drug-likeness (QED) is 0.899. The van der Waals surface area contributed by atoms with Crippen molar-refractivity contribution in [1.82, 2.24) is 19.7 Å². The van der Waals surface area contributed by atoms with Crippen LogP contribution in [-0.2, 0) is 0 Å². The number of anilines is 1. The lowest BCUT2D eigenvalue weighted by Gasteiger charge is -2.08. The molecule has 0 spiro atoms. The highest BCUT2D eigenvalue weighted by Gasteiger charge is 2.12. The zero-order valence-corrected chi connectivity index (χ0v) is 10.3. The molecule has 0 saturated heterocycles. The van der Waals surface area contributed by atoms with E-state index in [4.69, 9.17) is 22.1 Å². The Labute approximate surface area is 103 Å². The zero-order valence-electron chi connectivity index (χ0n) is 9.51. The van der Waals surface area contributed by atoms with E-state index in [-0.39, 0.29) is 5.82 Å². The maximum Gasteiger partial charge on any atom is 0.221 e. The van der Waals surface area contributed by atoms with Gasteiger partial charge in [0.1, 0.15) is 11.3 Å². The molecule has 0 fully saturated rings. The van der Waals surface area contributed by atoms with Crippen molar-refractivity contribution in [3.8, 4) is 11.7 Å². The Balaban J connectivity index is 2.48. The molecule has 0 radical (unpaired) electrons. The van der Waals surface area contributed by atoms with Crippen molar-refractivity contribution < 1.29 is 4.74 Å². The molecule has 6 nitrogen and oxygen atoms in total. The summed E-state index contributed by atoms with van der Waals surface area (Å²) in [4.78, 5) is 8.19. The highest BCUT2D eigenvalue weighted by Crippen LogP contribution is 2.22. The third-order valence-corrected chi connectivity index (χ3v) is 2.50. The maximum atomic E-state index is 5.85. The minimum atomic E-state index is 0.266. The number of rotatable bonds is 3. The number of nitrogen functional groups attached to an aromatic ring is 1. The summed E-state index contributed by atoms with van der Waals surface area (Å²) in [6.07, 6.45) is 3.01. The van der Waals surface area contributed by atoms with Crippen molar-refractivity contribution in [2.24, 2.45) is 0 Å². The zero-order chi connectivity index (χ0) is 12.4. The standard InChI is InChI=1S/C10H12ClN5O/c1-3-17-10-6(2)9(13-5-14-10)16-4-7(11)8(12)15-16/h4-5H,3H2,1-2H3,(H2,12,15). The maximum absolute atomic E-state index is 5.85. The minimum absolute atomic E-state index is 0.266. The van der Waals surface area contributed by atoms with E-state index in [1.165, 1.54) is 11.0 Å². The van der Waals surface area contributed by atoms with Crippen LogP contribution in [0, 0.1) is 6.92 Å². The summed E-state index contributed by atoms with van der Waals surface area (Å²) in [7, 11) is 0. The molecule has 0 aliphatic rings. The van der Waals surface area contributed by atoms with Crippen molar-refractivity contribution in [3.63, 3.8) is 0 Å². The summed E-state index contributed by atoms with van der Waals surface area (Å²) in [5.41, 5.74) is 6.37. The Morgan fingerprint density at radius 2 is 2.24 bits per heavy atom. The van der Waals surface area contributed by atoms with E-state index in [9.17, 15) is 0 Å². The summed E-state index contributed by atoms with van der Waals surface area (Å²) in [5.74, 6) is 1.40. The first-order valence-electron chi connectivity index (χ1n) is 5.09. The average Bonchev–Trinajstić information content (AvgIpc) is 2.62. The van der Waals surface area contributed by atoms with Gasteiger partial charge in [0.2, 0.25) is 5.88 Å². The van der Waals surface area contributed by atoms with Gasteiger partial charge in [-0.15, -0.1) is 5.10 Å². The van der Waals surface area contributed by atoms with Crippen LogP contribution in [0.15, 0.2) is 12.5 Å². The SMILES string of the molecule is CCOc1ncnc(-n2cc(Cl)c(N)n2)c1C. The van der Waals surface area contributed by atoms with Gasteiger partial charge in [-0.1, -0.05) is 11.6 Å². The van der Waals surface area contributed by atoms with Gasteiger partial charge >= 0.3 is 0 Å². The van der Waals surface area contributed by atoms with Crippen LogP contribution in [0.2, 0.25) is 5.02 Å². The normalized spacial score (nSPS) is 10.5. The van der Waals surface area contributed by atoms with Crippen molar-refractivity contribution in [3.05, 3.63) is 23.1 Å². The van der Waals surface area contributed by atoms with Gasteiger partial charge in [0.25, 0.3) is 0 Å². The number of nitrogens with zero attached hydrogens (tertiary/aromatic N) is 4. The van der Waals surface area contributed by atoms with Gasteiger partial charge in [0, 0.05) is 0 Å². The highest BCUT2D eigenvalue weighted by molar-refractivity contribution is 6.32.